The normalized spacial score (nSPS) is 10.8. The number of benzene rings is 1. The molecule has 110 valence electrons. The number of nitrogens with zero attached hydrogens (tertiary/aromatic N) is 2. The minimum Gasteiger partial charge on any atom is -0.480 e. The molecule has 0 saturated heterocycles. The standard InChI is InChI=1S/C15H22N2O3/c1-4-17(13-8-6-5-7-9-13)14(18)10-16(12(2)3)11-15(19)20/h5-9,12H,4,10-11H2,1-3H3,(H,19,20). The zero-order valence-corrected chi connectivity index (χ0v) is 12.2. The molecule has 0 aliphatic heterocycles. The quantitative estimate of drug-likeness (QED) is 0.826. The van der Waals surface area contributed by atoms with E-state index in [1.165, 1.54) is 0 Å². The van der Waals surface area contributed by atoms with Gasteiger partial charge in [0.1, 0.15) is 0 Å². The van der Waals surface area contributed by atoms with Crippen LogP contribution in [0.15, 0.2) is 30.3 Å². The van der Waals surface area contributed by atoms with Gasteiger partial charge in [-0.3, -0.25) is 14.5 Å². The molecule has 0 saturated carbocycles. The molecule has 20 heavy (non-hydrogen) atoms. The number of anilines is 1. The second-order valence-electron chi connectivity index (χ2n) is 4.87. The summed E-state index contributed by atoms with van der Waals surface area (Å²) in [6, 6.07) is 9.40. The lowest BCUT2D eigenvalue weighted by Crippen LogP contribution is -2.45. The lowest BCUT2D eigenvalue weighted by atomic mass is 10.2. The SMILES string of the molecule is CCN(C(=O)CN(CC(=O)O)C(C)C)c1ccccc1. The third-order valence-corrected chi connectivity index (χ3v) is 3.09. The van der Waals surface area contributed by atoms with E-state index in [1.807, 2.05) is 51.1 Å². The number of hydrogen-bond acceptors (Lipinski definition) is 3. The van der Waals surface area contributed by atoms with Gasteiger partial charge < -0.3 is 10.0 Å². The lowest BCUT2D eigenvalue weighted by molar-refractivity contribution is -0.139. The first-order chi connectivity index (χ1) is 9.45. The highest BCUT2D eigenvalue weighted by molar-refractivity contribution is 5.94. The molecule has 1 aromatic carbocycles. The third-order valence-electron chi connectivity index (χ3n) is 3.09. The van der Waals surface area contributed by atoms with Gasteiger partial charge in [-0.2, -0.15) is 0 Å². The fraction of sp³-hybridized carbons (Fsp3) is 0.467. The molecule has 1 N–H and O–H groups in total. The summed E-state index contributed by atoms with van der Waals surface area (Å²) in [7, 11) is 0. The molecule has 0 spiro atoms. The molecule has 5 nitrogen and oxygen atoms in total. The van der Waals surface area contributed by atoms with Crippen molar-refractivity contribution in [1.82, 2.24) is 4.90 Å². The second kappa shape index (κ2) is 7.65. The number of carbonyl (C=O) groups is 2. The number of hydrogen-bond donors (Lipinski definition) is 1. The zero-order chi connectivity index (χ0) is 15.1. The number of rotatable bonds is 7. The maximum Gasteiger partial charge on any atom is 0.317 e. The molecule has 1 amide bonds. The Bertz CT molecular complexity index is 446. The van der Waals surface area contributed by atoms with Crippen LogP contribution in [0.4, 0.5) is 5.69 Å². The Labute approximate surface area is 119 Å². The van der Waals surface area contributed by atoms with Gasteiger partial charge in [-0.25, -0.2) is 0 Å². The summed E-state index contributed by atoms with van der Waals surface area (Å²) < 4.78 is 0. The minimum atomic E-state index is -0.922. The summed E-state index contributed by atoms with van der Waals surface area (Å²) in [4.78, 5) is 26.5. The molecule has 1 rings (SSSR count). The third kappa shape index (κ3) is 4.66. The summed E-state index contributed by atoms with van der Waals surface area (Å²) in [6.45, 7) is 6.20. The predicted octanol–water partition coefficient (Wildman–Crippen LogP) is 1.83. The number of amides is 1. The summed E-state index contributed by atoms with van der Waals surface area (Å²) in [5, 5.41) is 8.89. The largest absolute Gasteiger partial charge is 0.480 e. The van der Waals surface area contributed by atoms with Crippen molar-refractivity contribution in [1.29, 1.82) is 0 Å². The molecule has 1 aromatic rings. The van der Waals surface area contributed by atoms with Crippen molar-refractivity contribution >= 4 is 17.6 Å². The van der Waals surface area contributed by atoms with Crippen LogP contribution in [-0.2, 0) is 9.59 Å². The molecule has 0 bridgehead atoms. The van der Waals surface area contributed by atoms with Crippen LogP contribution in [-0.4, -0.2) is 47.6 Å². The van der Waals surface area contributed by atoms with Gasteiger partial charge in [-0.05, 0) is 32.9 Å². The molecule has 0 aliphatic rings. The monoisotopic (exact) mass is 278 g/mol. The van der Waals surface area contributed by atoms with Gasteiger partial charge in [0.2, 0.25) is 5.91 Å². The Balaban J connectivity index is 2.78. The van der Waals surface area contributed by atoms with Crippen LogP contribution in [0, 0.1) is 0 Å². The van der Waals surface area contributed by atoms with E-state index in [4.69, 9.17) is 5.11 Å². The van der Waals surface area contributed by atoms with Gasteiger partial charge in [0, 0.05) is 18.3 Å². The van der Waals surface area contributed by atoms with Gasteiger partial charge in [0.15, 0.2) is 0 Å². The fourth-order valence-corrected chi connectivity index (χ4v) is 1.96. The molecule has 0 unspecified atom stereocenters. The van der Waals surface area contributed by atoms with Crippen LogP contribution in [0.2, 0.25) is 0 Å². The Morgan fingerprint density at radius 3 is 2.20 bits per heavy atom. The molecule has 0 radical (unpaired) electrons. The second-order valence-corrected chi connectivity index (χ2v) is 4.87. The molecule has 0 aliphatic carbocycles. The van der Waals surface area contributed by atoms with Crippen LogP contribution >= 0.6 is 0 Å². The van der Waals surface area contributed by atoms with E-state index >= 15 is 0 Å². The van der Waals surface area contributed by atoms with Crippen LogP contribution in [0.5, 0.6) is 0 Å². The van der Waals surface area contributed by atoms with E-state index in [-0.39, 0.29) is 25.0 Å². The number of carbonyl (C=O) groups excluding carboxylic acids is 1. The van der Waals surface area contributed by atoms with Crippen molar-refractivity contribution < 1.29 is 14.7 Å². The van der Waals surface area contributed by atoms with E-state index in [9.17, 15) is 9.59 Å². The zero-order valence-electron chi connectivity index (χ0n) is 12.2. The Hall–Kier alpha value is -1.88. The van der Waals surface area contributed by atoms with Crippen molar-refractivity contribution in [3.8, 4) is 0 Å². The topological polar surface area (TPSA) is 60.9 Å². The van der Waals surface area contributed by atoms with Crippen molar-refractivity contribution in [2.75, 3.05) is 24.5 Å². The van der Waals surface area contributed by atoms with Crippen LogP contribution in [0.3, 0.4) is 0 Å². The van der Waals surface area contributed by atoms with Gasteiger partial charge in [0.25, 0.3) is 0 Å². The van der Waals surface area contributed by atoms with Crippen LogP contribution in [0.1, 0.15) is 20.8 Å². The maximum absolute atomic E-state index is 12.4. The smallest absolute Gasteiger partial charge is 0.317 e. The molecule has 0 fully saturated rings. The predicted molar refractivity (Wildman–Crippen MR) is 78.8 cm³/mol. The summed E-state index contributed by atoms with van der Waals surface area (Å²) in [5.41, 5.74) is 0.832. The Morgan fingerprint density at radius 2 is 1.75 bits per heavy atom. The first-order valence-corrected chi connectivity index (χ1v) is 6.77. The van der Waals surface area contributed by atoms with E-state index < -0.39 is 5.97 Å². The average Bonchev–Trinajstić information content (AvgIpc) is 2.39. The van der Waals surface area contributed by atoms with Gasteiger partial charge in [0.05, 0.1) is 13.1 Å². The van der Waals surface area contributed by atoms with E-state index in [0.29, 0.717) is 6.54 Å². The molecular formula is C15H22N2O3. The summed E-state index contributed by atoms with van der Waals surface area (Å²) >= 11 is 0. The van der Waals surface area contributed by atoms with Crippen molar-refractivity contribution in [3.63, 3.8) is 0 Å². The highest BCUT2D eigenvalue weighted by atomic mass is 16.4. The van der Waals surface area contributed by atoms with Crippen molar-refractivity contribution in [3.05, 3.63) is 30.3 Å². The van der Waals surface area contributed by atoms with Gasteiger partial charge in [-0.15, -0.1) is 0 Å². The lowest BCUT2D eigenvalue weighted by Gasteiger charge is -2.28. The van der Waals surface area contributed by atoms with Gasteiger partial charge in [-0.1, -0.05) is 18.2 Å². The molecule has 5 heteroatoms. The number of para-hydroxylation sites is 1. The van der Waals surface area contributed by atoms with Gasteiger partial charge >= 0.3 is 5.97 Å². The van der Waals surface area contributed by atoms with Crippen LogP contribution < -0.4 is 4.90 Å². The molecule has 0 aromatic heterocycles. The summed E-state index contributed by atoms with van der Waals surface area (Å²) in [5.74, 6) is -1.01. The highest BCUT2D eigenvalue weighted by Crippen LogP contribution is 2.13. The first kappa shape index (κ1) is 16.2. The minimum absolute atomic E-state index is 0.00419. The van der Waals surface area contributed by atoms with Crippen LogP contribution in [0.25, 0.3) is 0 Å². The first-order valence-electron chi connectivity index (χ1n) is 6.77. The van der Waals surface area contributed by atoms with E-state index in [0.717, 1.165) is 5.69 Å². The van der Waals surface area contributed by atoms with Crippen molar-refractivity contribution in [2.24, 2.45) is 0 Å². The van der Waals surface area contributed by atoms with Crippen molar-refractivity contribution in [2.45, 2.75) is 26.8 Å². The van der Waals surface area contributed by atoms with E-state index in [2.05, 4.69) is 0 Å². The highest BCUT2D eigenvalue weighted by Gasteiger charge is 2.21. The maximum atomic E-state index is 12.4. The Morgan fingerprint density at radius 1 is 1.15 bits per heavy atom. The number of aliphatic carboxylic acids is 1. The number of carboxylic acid groups (broad SMARTS) is 1. The number of carboxylic acids is 1. The molecule has 0 atom stereocenters. The Kier molecular flexibility index (Phi) is 6.18. The molecular weight excluding hydrogens is 256 g/mol. The van der Waals surface area contributed by atoms with E-state index in [1.54, 1.807) is 9.80 Å². The fourth-order valence-electron chi connectivity index (χ4n) is 1.96. The average molecular weight is 278 g/mol. The molecule has 0 heterocycles. The summed E-state index contributed by atoms with van der Waals surface area (Å²) in [6.07, 6.45) is 0. The number of likely N-dealkylation sites (N-methyl/N-ethyl adjacent to an activating group) is 1.